The topological polar surface area (TPSA) is 194 Å². The number of esters is 1. The van der Waals surface area contributed by atoms with E-state index in [9.17, 15) is 35.1 Å². The highest BCUT2D eigenvalue weighted by atomic mass is 16.7. The molecule has 3 rings (SSSR count). The summed E-state index contributed by atoms with van der Waals surface area (Å²) in [5.41, 5.74) is -4.80. The van der Waals surface area contributed by atoms with E-state index in [1.54, 1.807) is 34.6 Å². The van der Waals surface area contributed by atoms with Crippen LogP contribution in [0.2, 0.25) is 0 Å². The van der Waals surface area contributed by atoms with E-state index in [0.717, 1.165) is 0 Å². The molecule has 0 aliphatic carbocycles. The number of likely N-dealkylation sites (N-methyl/N-ethyl adjacent to an activating group) is 1. The molecule has 0 aromatic carbocycles. The second-order valence-corrected chi connectivity index (χ2v) is 16.0. The molecule has 14 heteroatoms. The zero-order valence-electron chi connectivity index (χ0n) is 32.1. The molecule has 0 saturated carbocycles. The monoisotopic (exact) mass is 719 g/mol. The van der Waals surface area contributed by atoms with Crippen LogP contribution in [0.25, 0.3) is 0 Å². The largest absolute Gasteiger partial charge is 0.459 e. The lowest BCUT2D eigenvalue weighted by molar-refractivity contribution is -0.315. The number of rotatable bonds is 7. The number of hydrogen-bond acceptors (Lipinski definition) is 14. The van der Waals surface area contributed by atoms with Crippen molar-refractivity contribution in [1.29, 1.82) is 0 Å². The summed E-state index contributed by atoms with van der Waals surface area (Å²) in [5.74, 6) is -3.88. The predicted octanol–water partition coefficient (Wildman–Crippen LogP) is 1.54. The van der Waals surface area contributed by atoms with Gasteiger partial charge >= 0.3 is 5.97 Å². The van der Waals surface area contributed by atoms with Crippen LogP contribution in [0, 0.1) is 17.8 Å². The van der Waals surface area contributed by atoms with E-state index in [1.165, 1.54) is 27.9 Å². The second-order valence-electron chi connectivity index (χ2n) is 16.0. The number of hydrogen-bond donors (Lipinski definition) is 5. The number of cyclic esters (lactones) is 1. The number of ether oxygens (including phenoxy) is 6. The van der Waals surface area contributed by atoms with E-state index in [-0.39, 0.29) is 37.8 Å². The Morgan fingerprint density at radius 3 is 2.10 bits per heavy atom. The number of methoxy groups -OCH3 is 1. The molecule has 0 spiro atoms. The third-order valence-electron chi connectivity index (χ3n) is 11.4. The van der Waals surface area contributed by atoms with Gasteiger partial charge in [0.1, 0.15) is 29.7 Å². The molecule has 14 nitrogen and oxygen atoms in total. The van der Waals surface area contributed by atoms with Crippen molar-refractivity contribution in [3.8, 4) is 0 Å². The maximum atomic E-state index is 13.8. The summed E-state index contributed by atoms with van der Waals surface area (Å²) >= 11 is 0. The van der Waals surface area contributed by atoms with Gasteiger partial charge in [0.2, 0.25) is 0 Å². The zero-order chi connectivity index (χ0) is 38.1. The molecule has 3 heterocycles. The Morgan fingerprint density at radius 2 is 1.54 bits per heavy atom. The fraction of sp³-hybridized carbons (Fsp3) is 0.944. The second kappa shape index (κ2) is 16.8. The summed E-state index contributed by atoms with van der Waals surface area (Å²) < 4.78 is 36.7. The number of aliphatic hydroxyl groups is 5. The SMILES string of the molecule is CC[C@H]1OC(=O)C[C@@H](O[C@H]2C[C@@](C)(OC)C(O)[C@H](C)O2)[C@H](C)[C@@H](O[C@@H]2O[C@H](C)C[C@H](N(C)C)[C@H]2O)[C@@](C)(O)C[C@@H](C)C(=O)[C@H](C)[C@@H](O)[C@]1(C)O. The Kier molecular flexibility index (Phi) is 14.5. The molecule has 3 aliphatic heterocycles. The molecular formula is C36H65NO13. The maximum absolute atomic E-state index is 13.8. The summed E-state index contributed by atoms with van der Waals surface area (Å²) in [6.07, 6.45) is -9.94. The summed E-state index contributed by atoms with van der Waals surface area (Å²) in [6.45, 7) is 14.7. The number of nitrogens with zero attached hydrogens (tertiary/aromatic N) is 1. The molecule has 1 unspecified atom stereocenters. The quantitative estimate of drug-likeness (QED) is 0.238. The number of carbonyl (C=O) groups excluding carboxylic acids is 2. The van der Waals surface area contributed by atoms with Crippen molar-refractivity contribution in [2.45, 2.75) is 179 Å². The summed E-state index contributed by atoms with van der Waals surface area (Å²) in [7, 11) is 5.17. The molecule has 3 fully saturated rings. The van der Waals surface area contributed by atoms with Gasteiger partial charge in [-0.1, -0.05) is 27.7 Å². The van der Waals surface area contributed by atoms with Gasteiger partial charge in [-0.2, -0.15) is 0 Å². The van der Waals surface area contributed by atoms with Crippen molar-refractivity contribution in [2.24, 2.45) is 17.8 Å². The Morgan fingerprint density at radius 1 is 0.920 bits per heavy atom. The minimum Gasteiger partial charge on any atom is -0.459 e. The number of carbonyl (C=O) groups is 2. The molecule has 0 radical (unpaired) electrons. The molecule has 3 aliphatic rings. The van der Waals surface area contributed by atoms with Crippen LogP contribution in [-0.4, -0.2) is 148 Å². The number of aliphatic hydroxyl groups excluding tert-OH is 3. The van der Waals surface area contributed by atoms with Crippen molar-refractivity contribution >= 4 is 11.8 Å². The van der Waals surface area contributed by atoms with Crippen LogP contribution < -0.4 is 0 Å². The molecule has 292 valence electrons. The van der Waals surface area contributed by atoms with E-state index in [2.05, 4.69) is 0 Å². The molecule has 3 saturated heterocycles. The van der Waals surface area contributed by atoms with Crippen molar-refractivity contribution in [3.05, 3.63) is 0 Å². The lowest BCUT2D eigenvalue weighted by Crippen LogP contribution is -2.60. The molecular weight excluding hydrogens is 654 g/mol. The standard InChI is InChI=1S/C36H65NO13/c1-13-25-36(9,44)30(41)21(5)28(39)18(2)16-34(7,43)32(50-33-29(40)23(37(10)11)14-19(3)46-33)20(4)24(15-26(38)49-25)48-27-17-35(8,45-12)31(42)22(6)47-27/h18-25,27,29-33,40-44H,13-17H2,1-12H3/t18-,19-,20+,21+,22+,23+,24-,25-,27+,29-,30-,31?,32-,33+,34+,35-,36-/m1/s1. The van der Waals surface area contributed by atoms with Gasteiger partial charge in [0.05, 0.1) is 48.1 Å². The van der Waals surface area contributed by atoms with Crippen LogP contribution in [0.5, 0.6) is 0 Å². The van der Waals surface area contributed by atoms with Crippen LogP contribution >= 0.6 is 0 Å². The third-order valence-corrected chi connectivity index (χ3v) is 11.4. The van der Waals surface area contributed by atoms with Crippen LogP contribution in [0.1, 0.15) is 94.4 Å². The van der Waals surface area contributed by atoms with Crippen molar-refractivity contribution in [2.75, 3.05) is 21.2 Å². The molecule has 0 amide bonds. The van der Waals surface area contributed by atoms with Gasteiger partial charge in [-0.3, -0.25) is 9.59 Å². The summed E-state index contributed by atoms with van der Waals surface area (Å²) in [4.78, 5) is 29.4. The van der Waals surface area contributed by atoms with Gasteiger partial charge in [-0.25, -0.2) is 0 Å². The van der Waals surface area contributed by atoms with Gasteiger partial charge in [-0.05, 0) is 68.0 Å². The van der Waals surface area contributed by atoms with Crippen molar-refractivity contribution < 1.29 is 63.5 Å². The minimum atomic E-state index is -1.98. The van der Waals surface area contributed by atoms with Crippen LogP contribution in [0.4, 0.5) is 0 Å². The Bertz CT molecular complexity index is 1140. The highest BCUT2D eigenvalue weighted by molar-refractivity contribution is 5.83. The average molecular weight is 720 g/mol. The Balaban J connectivity index is 2.13. The lowest BCUT2D eigenvalue weighted by atomic mass is 9.74. The van der Waals surface area contributed by atoms with Crippen LogP contribution in [-0.2, 0) is 38.0 Å². The average Bonchev–Trinajstić information content (AvgIpc) is 3.03. The Hall–Kier alpha value is -1.30. The number of ketones is 1. The fourth-order valence-electron chi connectivity index (χ4n) is 8.10. The van der Waals surface area contributed by atoms with Crippen LogP contribution in [0.3, 0.4) is 0 Å². The van der Waals surface area contributed by atoms with E-state index >= 15 is 0 Å². The highest BCUT2D eigenvalue weighted by Crippen LogP contribution is 2.39. The number of Topliss-reactive ketones (excluding diaryl/α,β-unsaturated/α-hetero) is 1. The summed E-state index contributed by atoms with van der Waals surface area (Å²) in [6, 6.07) is -0.318. The lowest BCUT2D eigenvalue weighted by Gasteiger charge is -2.48. The molecule has 0 aromatic rings. The molecule has 0 aromatic heterocycles. The molecule has 0 bridgehead atoms. The van der Waals surface area contributed by atoms with E-state index < -0.39 is 102 Å². The zero-order valence-corrected chi connectivity index (χ0v) is 32.1. The predicted molar refractivity (Wildman–Crippen MR) is 182 cm³/mol. The first-order valence-corrected chi connectivity index (χ1v) is 18.1. The molecule has 50 heavy (non-hydrogen) atoms. The van der Waals surface area contributed by atoms with Gasteiger partial charge in [-0.15, -0.1) is 0 Å². The smallest absolute Gasteiger partial charge is 0.308 e. The summed E-state index contributed by atoms with van der Waals surface area (Å²) in [5, 5.41) is 57.3. The highest BCUT2D eigenvalue weighted by Gasteiger charge is 2.52. The van der Waals surface area contributed by atoms with E-state index in [0.29, 0.717) is 6.42 Å². The first kappa shape index (κ1) is 43.1. The maximum Gasteiger partial charge on any atom is 0.308 e. The van der Waals surface area contributed by atoms with Crippen LogP contribution in [0.15, 0.2) is 0 Å². The first-order chi connectivity index (χ1) is 23.0. The van der Waals surface area contributed by atoms with Gasteiger partial charge in [0, 0.05) is 37.3 Å². The van der Waals surface area contributed by atoms with Crippen molar-refractivity contribution in [1.82, 2.24) is 4.90 Å². The fourth-order valence-corrected chi connectivity index (χ4v) is 8.10. The third kappa shape index (κ3) is 9.43. The van der Waals surface area contributed by atoms with Gasteiger partial charge in [0.25, 0.3) is 0 Å². The molecule has 17 atom stereocenters. The van der Waals surface area contributed by atoms with Gasteiger partial charge < -0.3 is 58.9 Å². The molecule has 5 N–H and O–H groups in total. The van der Waals surface area contributed by atoms with Crippen molar-refractivity contribution in [3.63, 3.8) is 0 Å². The van der Waals surface area contributed by atoms with E-state index in [4.69, 9.17) is 28.4 Å². The normalized spacial score (nSPS) is 49.0. The van der Waals surface area contributed by atoms with E-state index in [1.807, 2.05) is 25.9 Å². The van der Waals surface area contributed by atoms with Gasteiger partial charge in [0.15, 0.2) is 12.6 Å². The Labute approximate surface area is 297 Å². The first-order valence-electron chi connectivity index (χ1n) is 18.1. The minimum absolute atomic E-state index is 0.101.